The van der Waals surface area contributed by atoms with Gasteiger partial charge < -0.3 is 18.9 Å². The number of hydrazone groups is 2. The molecule has 2 aliphatic rings. The summed E-state index contributed by atoms with van der Waals surface area (Å²) in [5, 5.41) is 8.28. The van der Waals surface area contributed by atoms with Gasteiger partial charge in [0.1, 0.15) is 0 Å². The molecule has 2 N–H and O–H groups in total. The molecule has 2 aliphatic heterocycles. The average molecular weight is 466 g/mol. The summed E-state index contributed by atoms with van der Waals surface area (Å²) in [6, 6.07) is 11.0. The number of unbranched alkanes of at least 4 members (excludes halogenated alkanes) is 1. The van der Waals surface area contributed by atoms with E-state index in [9.17, 15) is 9.59 Å². The van der Waals surface area contributed by atoms with Crippen molar-refractivity contribution in [3.05, 3.63) is 47.5 Å². The molecule has 0 spiro atoms. The van der Waals surface area contributed by atoms with Gasteiger partial charge in [-0.1, -0.05) is 0 Å². The van der Waals surface area contributed by atoms with Gasteiger partial charge in [0.25, 0.3) is 0 Å². The van der Waals surface area contributed by atoms with Crippen LogP contribution in [0.1, 0.15) is 50.7 Å². The molecular weight excluding hydrogens is 440 g/mol. The number of fused-ring (bicyclic) bond motifs is 2. The van der Waals surface area contributed by atoms with Gasteiger partial charge in [-0.05, 0) is 63.1 Å². The second kappa shape index (κ2) is 10.7. The molecular formula is C24H26N4O6. The van der Waals surface area contributed by atoms with Crippen molar-refractivity contribution in [2.45, 2.75) is 39.5 Å². The predicted molar refractivity (Wildman–Crippen MR) is 124 cm³/mol. The van der Waals surface area contributed by atoms with Crippen LogP contribution in [0.15, 0.2) is 46.6 Å². The lowest BCUT2D eigenvalue weighted by Gasteiger charge is -2.05. The first-order valence-corrected chi connectivity index (χ1v) is 11.0. The number of carbonyl (C=O) groups is 2. The summed E-state index contributed by atoms with van der Waals surface area (Å²) >= 11 is 0. The summed E-state index contributed by atoms with van der Waals surface area (Å²) in [5.41, 5.74) is 8.07. The van der Waals surface area contributed by atoms with Crippen molar-refractivity contribution in [2.24, 2.45) is 10.2 Å². The highest BCUT2D eigenvalue weighted by Crippen LogP contribution is 2.33. The maximum atomic E-state index is 12.1. The molecule has 178 valence electrons. The Morgan fingerprint density at radius 2 is 1.12 bits per heavy atom. The second-order valence-corrected chi connectivity index (χ2v) is 7.81. The van der Waals surface area contributed by atoms with Crippen molar-refractivity contribution in [1.82, 2.24) is 10.9 Å². The average Bonchev–Trinajstić information content (AvgIpc) is 3.51. The highest BCUT2D eigenvalue weighted by molar-refractivity contribution is 6.00. The number of nitrogens with zero attached hydrogens (tertiary/aromatic N) is 2. The third-order valence-corrected chi connectivity index (χ3v) is 5.33. The number of rotatable bonds is 9. The van der Waals surface area contributed by atoms with Gasteiger partial charge in [-0.25, -0.2) is 10.9 Å². The predicted octanol–water partition coefficient (Wildman–Crippen LogP) is 3.09. The van der Waals surface area contributed by atoms with E-state index in [1.165, 1.54) is 0 Å². The van der Waals surface area contributed by atoms with E-state index in [1.54, 1.807) is 13.8 Å². The standard InChI is InChI=1S/C24H26N4O6/c1-15(17-7-9-19-21(11-17)33-13-31-19)25-27-23(29)5-3-4-6-24(30)28-26-16(2)18-8-10-20-22(12-18)34-14-32-20/h7-12H,3-6,13-14H2,1-2H3,(H,27,29)(H,28,30)/b25-15+,26-16+. The lowest BCUT2D eigenvalue weighted by atomic mass is 10.1. The van der Waals surface area contributed by atoms with E-state index >= 15 is 0 Å². The molecule has 0 radical (unpaired) electrons. The van der Waals surface area contributed by atoms with Gasteiger partial charge in [0, 0.05) is 24.0 Å². The van der Waals surface area contributed by atoms with E-state index < -0.39 is 0 Å². The van der Waals surface area contributed by atoms with Crippen LogP contribution >= 0.6 is 0 Å². The Bertz CT molecular complexity index is 1050. The third-order valence-electron chi connectivity index (χ3n) is 5.33. The van der Waals surface area contributed by atoms with Crippen LogP contribution in [0.25, 0.3) is 0 Å². The SMILES string of the molecule is C/C(=N\NC(=O)CCCCC(=O)N/N=C(\C)c1ccc2c(c1)OCO2)c1ccc2c(c1)OCO2. The molecule has 10 heteroatoms. The molecule has 4 rings (SSSR count). The Kier molecular flexibility index (Phi) is 7.26. The van der Waals surface area contributed by atoms with Gasteiger partial charge in [-0.2, -0.15) is 10.2 Å². The molecule has 10 nitrogen and oxygen atoms in total. The van der Waals surface area contributed by atoms with E-state index in [0.29, 0.717) is 47.3 Å². The summed E-state index contributed by atoms with van der Waals surface area (Å²) in [7, 11) is 0. The molecule has 0 fully saturated rings. The lowest BCUT2D eigenvalue weighted by Crippen LogP contribution is -2.20. The topological polar surface area (TPSA) is 120 Å². The second-order valence-electron chi connectivity index (χ2n) is 7.81. The van der Waals surface area contributed by atoms with Crippen molar-refractivity contribution < 1.29 is 28.5 Å². The fourth-order valence-electron chi connectivity index (χ4n) is 3.35. The number of hydrogen-bond acceptors (Lipinski definition) is 8. The quantitative estimate of drug-likeness (QED) is 0.333. The molecule has 0 bridgehead atoms. The number of benzene rings is 2. The van der Waals surface area contributed by atoms with Crippen molar-refractivity contribution in [3.63, 3.8) is 0 Å². The van der Waals surface area contributed by atoms with Crippen LogP contribution in [0.2, 0.25) is 0 Å². The van der Waals surface area contributed by atoms with Gasteiger partial charge in [0.15, 0.2) is 23.0 Å². The monoisotopic (exact) mass is 466 g/mol. The maximum absolute atomic E-state index is 12.1. The highest BCUT2D eigenvalue weighted by atomic mass is 16.7. The van der Waals surface area contributed by atoms with Crippen molar-refractivity contribution in [2.75, 3.05) is 13.6 Å². The van der Waals surface area contributed by atoms with E-state index in [1.807, 2.05) is 36.4 Å². The first kappa shape index (κ1) is 23.1. The minimum Gasteiger partial charge on any atom is -0.454 e. The summed E-state index contributed by atoms with van der Waals surface area (Å²) in [4.78, 5) is 24.1. The first-order valence-electron chi connectivity index (χ1n) is 11.0. The fourth-order valence-corrected chi connectivity index (χ4v) is 3.35. The molecule has 2 aromatic rings. The maximum Gasteiger partial charge on any atom is 0.240 e. The van der Waals surface area contributed by atoms with Gasteiger partial charge >= 0.3 is 0 Å². The van der Waals surface area contributed by atoms with E-state index in [2.05, 4.69) is 21.1 Å². The van der Waals surface area contributed by atoms with Crippen molar-refractivity contribution >= 4 is 23.2 Å². The molecule has 0 unspecified atom stereocenters. The largest absolute Gasteiger partial charge is 0.454 e. The number of nitrogens with one attached hydrogen (secondary N) is 2. The smallest absolute Gasteiger partial charge is 0.240 e. The molecule has 0 aliphatic carbocycles. The summed E-state index contributed by atoms with van der Waals surface area (Å²) in [6.45, 7) is 4.01. The zero-order valence-corrected chi connectivity index (χ0v) is 19.1. The number of carbonyl (C=O) groups excluding carboxylic acids is 2. The molecule has 0 saturated carbocycles. The van der Waals surface area contributed by atoms with Gasteiger partial charge in [0.2, 0.25) is 25.4 Å². The highest BCUT2D eigenvalue weighted by Gasteiger charge is 2.15. The minimum atomic E-state index is -0.211. The third kappa shape index (κ3) is 5.83. The van der Waals surface area contributed by atoms with Crippen LogP contribution in [0.4, 0.5) is 0 Å². The van der Waals surface area contributed by atoms with Crippen molar-refractivity contribution in [1.29, 1.82) is 0 Å². The van der Waals surface area contributed by atoms with Crippen LogP contribution in [0.3, 0.4) is 0 Å². The van der Waals surface area contributed by atoms with Gasteiger partial charge in [0.05, 0.1) is 11.4 Å². The Labute approximate surface area is 196 Å². The van der Waals surface area contributed by atoms with E-state index in [4.69, 9.17) is 18.9 Å². The van der Waals surface area contributed by atoms with Crippen LogP contribution in [0.5, 0.6) is 23.0 Å². The number of ether oxygens (including phenoxy) is 4. The zero-order chi connectivity index (χ0) is 23.9. The first-order chi connectivity index (χ1) is 16.5. The number of amides is 2. The minimum absolute atomic E-state index is 0.204. The van der Waals surface area contributed by atoms with Crippen LogP contribution in [-0.4, -0.2) is 36.8 Å². The lowest BCUT2D eigenvalue weighted by molar-refractivity contribution is -0.123. The summed E-state index contributed by atoms with van der Waals surface area (Å²) in [6.07, 6.45) is 1.65. The van der Waals surface area contributed by atoms with Gasteiger partial charge in [-0.3, -0.25) is 9.59 Å². The van der Waals surface area contributed by atoms with Crippen LogP contribution in [-0.2, 0) is 9.59 Å². The Morgan fingerprint density at radius 3 is 1.56 bits per heavy atom. The summed E-state index contributed by atoms with van der Waals surface area (Å²) in [5.74, 6) is 2.28. The fraction of sp³-hybridized carbons (Fsp3) is 0.333. The zero-order valence-electron chi connectivity index (χ0n) is 19.1. The molecule has 0 aromatic heterocycles. The summed E-state index contributed by atoms with van der Waals surface area (Å²) < 4.78 is 21.3. The molecule has 0 saturated heterocycles. The Morgan fingerprint density at radius 1 is 0.706 bits per heavy atom. The normalized spacial score (nSPS) is 14.2. The molecule has 0 atom stereocenters. The van der Waals surface area contributed by atoms with Crippen LogP contribution in [0, 0.1) is 0 Å². The molecule has 34 heavy (non-hydrogen) atoms. The molecule has 2 amide bonds. The Balaban J connectivity index is 1.15. The molecule has 2 heterocycles. The Hall–Kier alpha value is -4.08. The van der Waals surface area contributed by atoms with E-state index in [-0.39, 0.29) is 38.2 Å². The van der Waals surface area contributed by atoms with Gasteiger partial charge in [-0.15, -0.1) is 0 Å². The van der Waals surface area contributed by atoms with E-state index in [0.717, 1.165) is 11.1 Å². The van der Waals surface area contributed by atoms with Crippen LogP contribution < -0.4 is 29.8 Å². The molecule has 2 aromatic carbocycles. The number of hydrogen-bond donors (Lipinski definition) is 2. The van der Waals surface area contributed by atoms with Crippen molar-refractivity contribution in [3.8, 4) is 23.0 Å².